The van der Waals surface area contributed by atoms with E-state index in [1.54, 1.807) is 11.2 Å². The Bertz CT molecular complexity index is 931. The largest absolute Gasteiger partial charge is 0.468 e. The van der Waals surface area contributed by atoms with Gasteiger partial charge in [0.1, 0.15) is 5.76 Å². The van der Waals surface area contributed by atoms with Crippen LogP contribution in [0.25, 0.3) is 0 Å². The van der Waals surface area contributed by atoms with Gasteiger partial charge in [-0.15, -0.1) is 0 Å². The van der Waals surface area contributed by atoms with Gasteiger partial charge in [0.15, 0.2) is 5.69 Å². The lowest BCUT2D eigenvalue weighted by atomic mass is 9.91. The number of amides is 1. The number of fused-ring (bicyclic) bond motifs is 1. The number of aromatic nitrogens is 2. The molecule has 0 saturated heterocycles. The number of hydrogen-bond donors (Lipinski definition) is 1. The number of hydrogen-bond acceptors (Lipinski definition) is 4. The number of nitrogens with one attached hydrogen (secondary N) is 1. The van der Waals surface area contributed by atoms with Gasteiger partial charge in [0.25, 0.3) is 5.91 Å². The summed E-state index contributed by atoms with van der Waals surface area (Å²) in [6.07, 6.45) is 4.45. The Balaban J connectivity index is 1.47. The first-order valence-electron chi connectivity index (χ1n) is 9.71. The molecule has 0 aliphatic heterocycles. The molecule has 1 unspecified atom stereocenters. The van der Waals surface area contributed by atoms with Crippen molar-refractivity contribution in [3.63, 3.8) is 0 Å². The van der Waals surface area contributed by atoms with Crippen molar-refractivity contribution in [2.75, 3.05) is 7.05 Å². The Morgan fingerprint density at radius 3 is 2.86 bits per heavy atom. The SMILES string of the molecule is CN(Cc1ccccc1)C(=O)c1nn(C)c2c1CC(NCc1ccco1)CC2. The summed E-state index contributed by atoms with van der Waals surface area (Å²) in [6, 6.07) is 14.2. The van der Waals surface area contributed by atoms with Crippen molar-refractivity contribution in [3.05, 3.63) is 77.0 Å². The number of furan rings is 1. The summed E-state index contributed by atoms with van der Waals surface area (Å²) in [5.41, 5.74) is 3.95. The predicted octanol–water partition coefficient (Wildman–Crippen LogP) is 2.93. The van der Waals surface area contributed by atoms with Crippen LogP contribution in [0.2, 0.25) is 0 Å². The Labute approximate surface area is 165 Å². The highest BCUT2D eigenvalue weighted by atomic mass is 16.3. The van der Waals surface area contributed by atoms with Crippen LogP contribution in [0.5, 0.6) is 0 Å². The lowest BCUT2D eigenvalue weighted by molar-refractivity contribution is 0.0777. The van der Waals surface area contributed by atoms with Gasteiger partial charge in [0.2, 0.25) is 0 Å². The molecule has 6 nitrogen and oxygen atoms in total. The molecule has 2 heterocycles. The molecule has 1 aliphatic rings. The molecule has 146 valence electrons. The molecule has 1 atom stereocenters. The van der Waals surface area contributed by atoms with Crippen LogP contribution >= 0.6 is 0 Å². The van der Waals surface area contributed by atoms with Crippen LogP contribution in [0.4, 0.5) is 0 Å². The first-order chi connectivity index (χ1) is 13.6. The van der Waals surface area contributed by atoms with Gasteiger partial charge in [0, 0.05) is 37.9 Å². The molecule has 6 heteroatoms. The average Bonchev–Trinajstić information content (AvgIpc) is 3.34. The summed E-state index contributed by atoms with van der Waals surface area (Å²) in [5, 5.41) is 8.13. The number of carbonyl (C=O) groups excluding carboxylic acids is 1. The van der Waals surface area contributed by atoms with E-state index >= 15 is 0 Å². The minimum absolute atomic E-state index is 0.0209. The van der Waals surface area contributed by atoms with E-state index in [4.69, 9.17) is 4.42 Å². The molecule has 0 bridgehead atoms. The summed E-state index contributed by atoms with van der Waals surface area (Å²) >= 11 is 0. The molecule has 2 aromatic heterocycles. The van der Waals surface area contributed by atoms with E-state index in [0.717, 1.165) is 36.1 Å². The molecule has 1 amide bonds. The van der Waals surface area contributed by atoms with Crippen LogP contribution in [-0.2, 0) is 33.0 Å². The molecule has 3 aromatic rings. The minimum atomic E-state index is -0.0209. The molecule has 4 rings (SSSR count). The molecular weight excluding hydrogens is 352 g/mol. The lowest BCUT2D eigenvalue weighted by Crippen LogP contribution is -2.35. The second-order valence-corrected chi connectivity index (χ2v) is 7.44. The molecule has 0 spiro atoms. The number of aryl methyl sites for hydroxylation is 1. The molecule has 0 saturated carbocycles. The van der Waals surface area contributed by atoms with Crippen molar-refractivity contribution < 1.29 is 9.21 Å². The average molecular weight is 378 g/mol. The highest BCUT2D eigenvalue weighted by Crippen LogP contribution is 2.25. The smallest absolute Gasteiger partial charge is 0.274 e. The molecule has 1 aliphatic carbocycles. The quantitative estimate of drug-likeness (QED) is 0.716. The zero-order valence-corrected chi connectivity index (χ0v) is 16.4. The van der Waals surface area contributed by atoms with Gasteiger partial charge in [-0.3, -0.25) is 9.48 Å². The van der Waals surface area contributed by atoms with Crippen LogP contribution in [0.1, 0.15) is 39.5 Å². The molecule has 0 radical (unpaired) electrons. The van der Waals surface area contributed by atoms with Crippen molar-refractivity contribution in [2.24, 2.45) is 7.05 Å². The molecule has 1 aromatic carbocycles. The van der Waals surface area contributed by atoms with Crippen molar-refractivity contribution in [2.45, 2.75) is 38.4 Å². The third-order valence-electron chi connectivity index (χ3n) is 5.41. The standard InChI is InChI=1S/C22H26N4O2/c1-25(15-16-7-4-3-5-8-16)22(27)21-19-13-17(10-11-20(19)26(2)24-21)23-14-18-9-6-12-28-18/h3-9,12,17,23H,10-11,13-15H2,1-2H3. The molecule has 28 heavy (non-hydrogen) atoms. The fourth-order valence-electron chi connectivity index (χ4n) is 3.90. The van der Waals surface area contributed by atoms with E-state index in [0.29, 0.717) is 24.8 Å². The Morgan fingerprint density at radius 1 is 1.29 bits per heavy atom. The molecule has 0 fully saturated rings. The summed E-state index contributed by atoms with van der Waals surface area (Å²) in [4.78, 5) is 14.8. The number of rotatable bonds is 6. The molecular formula is C22H26N4O2. The van der Waals surface area contributed by atoms with E-state index in [-0.39, 0.29) is 5.91 Å². The van der Waals surface area contributed by atoms with Crippen molar-refractivity contribution in [1.29, 1.82) is 0 Å². The number of benzene rings is 1. The van der Waals surface area contributed by atoms with Crippen LogP contribution in [-0.4, -0.2) is 33.7 Å². The zero-order chi connectivity index (χ0) is 19.5. The zero-order valence-electron chi connectivity index (χ0n) is 16.4. The third kappa shape index (κ3) is 3.87. The van der Waals surface area contributed by atoms with E-state index < -0.39 is 0 Å². The molecule has 1 N–H and O–H groups in total. The summed E-state index contributed by atoms with van der Waals surface area (Å²) in [6.45, 7) is 1.27. The summed E-state index contributed by atoms with van der Waals surface area (Å²) in [5.74, 6) is 0.906. The second-order valence-electron chi connectivity index (χ2n) is 7.44. The van der Waals surface area contributed by atoms with Gasteiger partial charge < -0.3 is 14.6 Å². The maximum atomic E-state index is 13.1. The lowest BCUT2D eigenvalue weighted by Gasteiger charge is -2.24. The third-order valence-corrected chi connectivity index (χ3v) is 5.41. The van der Waals surface area contributed by atoms with E-state index in [2.05, 4.69) is 10.4 Å². The highest BCUT2D eigenvalue weighted by molar-refractivity contribution is 5.94. The number of carbonyl (C=O) groups is 1. The van der Waals surface area contributed by atoms with E-state index in [1.807, 2.05) is 61.2 Å². The van der Waals surface area contributed by atoms with Crippen LogP contribution in [0.15, 0.2) is 53.1 Å². The van der Waals surface area contributed by atoms with Gasteiger partial charge in [-0.2, -0.15) is 5.10 Å². The van der Waals surface area contributed by atoms with Gasteiger partial charge in [-0.25, -0.2) is 0 Å². The van der Waals surface area contributed by atoms with E-state index in [9.17, 15) is 4.79 Å². The normalized spacial score (nSPS) is 16.0. The summed E-state index contributed by atoms with van der Waals surface area (Å²) in [7, 11) is 3.77. The van der Waals surface area contributed by atoms with Crippen molar-refractivity contribution >= 4 is 5.91 Å². The van der Waals surface area contributed by atoms with Gasteiger partial charge in [-0.1, -0.05) is 30.3 Å². The van der Waals surface area contributed by atoms with Crippen LogP contribution in [0.3, 0.4) is 0 Å². The topological polar surface area (TPSA) is 63.3 Å². The Morgan fingerprint density at radius 2 is 2.11 bits per heavy atom. The van der Waals surface area contributed by atoms with Crippen molar-refractivity contribution in [3.8, 4) is 0 Å². The monoisotopic (exact) mass is 378 g/mol. The minimum Gasteiger partial charge on any atom is -0.468 e. The maximum Gasteiger partial charge on any atom is 0.274 e. The van der Waals surface area contributed by atoms with Crippen molar-refractivity contribution in [1.82, 2.24) is 20.0 Å². The second kappa shape index (κ2) is 8.02. The number of nitrogens with zero attached hydrogens (tertiary/aromatic N) is 3. The van der Waals surface area contributed by atoms with E-state index in [1.165, 1.54) is 5.69 Å². The summed E-state index contributed by atoms with van der Waals surface area (Å²) < 4.78 is 7.29. The Hall–Kier alpha value is -2.86. The predicted molar refractivity (Wildman–Crippen MR) is 107 cm³/mol. The van der Waals surface area contributed by atoms with Gasteiger partial charge in [0.05, 0.1) is 12.8 Å². The first kappa shape index (κ1) is 18.5. The fraction of sp³-hybridized carbons (Fsp3) is 0.364. The van der Waals surface area contributed by atoms with Gasteiger partial charge >= 0.3 is 0 Å². The highest BCUT2D eigenvalue weighted by Gasteiger charge is 2.29. The van der Waals surface area contributed by atoms with Gasteiger partial charge in [-0.05, 0) is 37.0 Å². The fourth-order valence-corrected chi connectivity index (χ4v) is 3.90. The maximum absolute atomic E-state index is 13.1. The van der Waals surface area contributed by atoms with Crippen LogP contribution in [0, 0.1) is 0 Å². The van der Waals surface area contributed by atoms with Crippen LogP contribution < -0.4 is 5.32 Å². The Kier molecular flexibility index (Phi) is 5.30. The first-order valence-corrected chi connectivity index (χ1v) is 9.71.